The normalized spacial score (nSPS) is 25.8. The summed E-state index contributed by atoms with van der Waals surface area (Å²) in [5.41, 5.74) is -0.749. The van der Waals surface area contributed by atoms with Crippen molar-refractivity contribution in [3.8, 4) is 12.3 Å². The van der Waals surface area contributed by atoms with Gasteiger partial charge in [0.1, 0.15) is 12.1 Å². The van der Waals surface area contributed by atoms with E-state index in [0.717, 1.165) is 6.42 Å². The summed E-state index contributed by atoms with van der Waals surface area (Å²) in [4.78, 5) is 26.4. The Morgan fingerprint density at radius 2 is 2.00 bits per heavy atom. The van der Waals surface area contributed by atoms with Crippen molar-refractivity contribution >= 4 is 11.8 Å². The van der Waals surface area contributed by atoms with Crippen molar-refractivity contribution in [2.24, 2.45) is 5.92 Å². The van der Waals surface area contributed by atoms with Gasteiger partial charge in [0, 0.05) is 0 Å². The van der Waals surface area contributed by atoms with Crippen LogP contribution in [0.1, 0.15) is 47.5 Å². The third kappa shape index (κ3) is 2.75. The van der Waals surface area contributed by atoms with Crippen LogP contribution in [-0.2, 0) is 9.59 Å². The molecule has 3 unspecified atom stereocenters. The van der Waals surface area contributed by atoms with Gasteiger partial charge in [-0.05, 0) is 26.2 Å². The van der Waals surface area contributed by atoms with Crippen molar-refractivity contribution in [3.63, 3.8) is 0 Å². The molecule has 0 spiro atoms. The van der Waals surface area contributed by atoms with Crippen molar-refractivity contribution in [1.82, 2.24) is 10.2 Å². The van der Waals surface area contributed by atoms with Crippen LogP contribution in [0.15, 0.2) is 0 Å². The van der Waals surface area contributed by atoms with Gasteiger partial charge in [-0.15, -0.1) is 6.42 Å². The van der Waals surface area contributed by atoms with Crippen LogP contribution in [0.25, 0.3) is 0 Å². The summed E-state index contributed by atoms with van der Waals surface area (Å²) in [5.74, 6) is 2.56. The van der Waals surface area contributed by atoms with Crippen molar-refractivity contribution in [3.05, 3.63) is 0 Å². The number of nitrogens with zero attached hydrogens (tertiary/aromatic N) is 1. The zero-order valence-corrected chi connectivity index (χ0v) is 12.5. The Labute approximate surface area is 115 Å². The predicted octanol–water partition coefficient (Wildman–Crippen LogP) is 1.55. The molecule has 106 valence electrons. The first-order valence-corrected chi connectivity index (χ1v) is 6.91. The number of hydrogen-bond donors (Lipinski definition) is 1. The molecule has 0 aromatic carbocycles. The lowest BCUT2D eigenvalue weighted by atomic mass is 9.89. The lowest BCUT2D eigenvalue weighted by molar-refractivity contribution is -0.155. The summed E-state index contributed by atoms with van der Waals surface area (Å²) in [7, 11) is 0. The van der Waals surface area contributed by atoms with Crippen LogP contribution in [0.2, 0.25) is 0 Å². The summed E-state index contributed by atoms with van der Waals surface area (Å²) in [6.45, 7) is 9.48. The van der Waals surface area contributed by atoms with Gasteiger partial charge in [-0.3, -0.25) is 9.59 Å². The molecule has 0 aromatic rings. The van der Waals surface area contributed by atoms with E-state index in [4.69, 9.17) is 6.42 Å². The van der Waals surface area contributed by atoms with Gasteiger partial charge in [0.2, 0.25) is 11.8 Å². The molecule has 19 heavy (non-hydrogen) atoms. The van der Waals surface area contributed by atoms with Crippen molar-refractivity contribution < 1.29 is 9.59 Å². The van der Waals surface area contributed by atoms with Gasteiger partial charge in [0.05, 0.1) is 5.54 Å². The predicted molar refractivity (Wildman–Crippen MR) is 75.2 cm³/mol. The second-order valence-corrected chi connectivity index (χ2v) is 5.71. The largest absolute Gasteiger partial charge is 0.342 e. The molecule has 4 heteroatoms. The van der Waals surface area contributed by atoms with Crippen LogP contribution >= 0.6 is 0 Å². The summed E-state index contributed by atoms with van der Waals surface area (Å²) in [5, 5.41) is 2.85. The minimum atomic E-state index is -0.749. The van der Waals surface area contributed by atoms with E-state index in [2.05, 4.69) is 11.2 Å². The molecule has 0 aliphatic carbocycles. The highest BCUT2D eigenvalue weighted by Gasteiger charge is 2.46. The smallest absolute Gasteiger partial charge is 0.247 e. The molecule has 1 aliphatic rings. The number of terminal acetylenes is 1. The number of rotatable bonds is 4. The Morgan fingerprint density at radius 1 is 1.42 bits per heavy atom. The number of nitrogens with one attached hydrogen (secondary N) is 1. The van der Waals surface area contributed by atoms with Gasteiger partial charge in [0.15, 0.2) is 0 Å². The molecule has 2 amide bonds. The maximum atomic E-state index is 12.7. The van der Waals surface area contributed by atoms with Crippen molar-refractivity contribution in [1.29, 1.82) is 0 Å². The van der Waals surface area contributed by atoms with Gasteiger partial charge >= 0.3 is 0 Å². The highest BCUT2D eigenvalue weighted by molar-refractivity contribution is 5.97. The van der Waals surface area contributed by atoms with Gasteiger partial charge in [-0.1, -0.05) is 33.1 Å². The number of carbonyl (C=O) groups is 2. The van der Waals surface area contributed by atoms with E-state index >= 15 is 0 Å². The molecule has 1 heterocycles. The highest BCUT2D eigenvalue weighted by Crippen LogP contribution is 2.26. The number of amides is 2. The summed E-state index contributed by atoms with van der Waals surface area (Å²) in [6, 6.07) is -0.938. The van der Waals surface area contributed by atoms with Crippen LogP contribution in [0.3, 0.4) is 0 Å². The fourth-order valence-corrected chi connectivity index (χ4v) is 2.46. The van der Waals surface area contributed by atoms with Gasteiger partial charge < -0.3 is 10.2 Å². The van der Waals surface area contributed by atoms with Crippen LogP contribution in [0.5, 0.6) is 0 Å². The Balaban J connectivity index is 3.18. The zero-order valence-electron chi connectivity index (χ0n) is 12.5. The first-order valence-electron chi connectivity index (χ1n) is 6.91. The van der Waals surface area contributed by atoms with Crippen molar-refractivity contribution in [2.75, 3.05) is 0 Å². The Bertz CT molecular complexity index is 409. The lowest BCUT2D eigenvalue weighted by Gasteiger charge is -2.46. The summed E-state index contributed by atoms with van der Waals surface area (Å²) < 4.78 is 0. The topological polar surface area (TPSA) is 49.4 Å². The SMILES string of the molecule is C#CC(C)(C)N1C(=O)C(C(C)CC)NC(=O)C1CC. The minimum absolute atomic E-state index is 0.0660. The van der Waals surface area contributed by atoms with Gasteiger partial charge in [-0.2, -0.15) is 0 Å². The van der Waals surface area contributed by atoms with E-state index in [0.29, 0.717) is 6.42 Å². The maximum Gasteiger partial charge on any atom is 0.247 e. The van der Waals surface area contributed by atoms with E-state index in [-0.39, 0.29) is 17.7 Å². The molecule has 1 saturated heterocycles. The quantitative estimate of drug-likeness (QED) is 0.783. The van der Waals surface area contributed by atoms with E-state index in [1.165, 1.54) is 0 Å². The zero-order chi connectivity index (χ0) is 14.8. The lowest BCUT2D eigenvalue weighted by Crippen LogP contribution is -2.69. The molecule has 0 aromatic heterocycles. The molecule has 1 rings (SSSR count). The van der Waals surface area contributed by atoms with E-state index in [1.807, 2.05) is 20.8 Å². The molecule has 4 nitrogen and oxygen atoms in total. The molecule has 0 radical (unpaired) electrons. The monoisotopic (exact) mass is 264 g/mol. The molecule has 1 fully saturated rings. The first-order chi connectivity index (χ1) is 8.80. The highest BCUT2D eigenvalue weighted by atomic mass is 16.2. The number of piperazine rings is 1. The molecule has 1 aliphatic heterocycles. The van der Waals surface area contributed by atoms with Gasteiger partial charge in [-0.25, -0.2) is 0 Å². The minimum Gasteiger partial charge on any atom is -0.342 e. The molecule has 0 saturated carbocycles. The molecular weight excluding hydrogens is 240 g/mol. The van der Waals surface area contributed by atoms with E-state index in [9.17, 15) is 9.59 Å². The second-order valence-electron chi connectivity index (χ2n) is 5.71. The third-order valence-electron chi connectivity index (χ3n) is 3.97. The Kier molecular flexibility index (Phi) is 4.62. The summed E-state index contributed by atoms with van der Waals surface area (Å²) >= 11 is 0. The number of hydrogen-bond acceptors (Lipinski definition) is 2. The number of carbonyl (C=O) groups excluding carboxylic acids is 2. The standard InChI is InChI=1S/C15H24N2O2/c1-7-10(4)12-14(19)17(15(5,6)9-3)11(8-2)13(18)16-12/h3,10-12H,7-8H2,1-2,4-6H3,(H,16,18). The summed E-state index contributed by atoms with van der Waals surface area (Å²) in [6.07, 6.45) is 6.94. The van der Waals surface area contributed by atoms with Crippen LogP contribution in [0.4, 0.5) is 0 Å². The first kappa shape index (κ1) is 15.6. The van der Waals surface area contributed by atoms with Crippen LogP contribution in [0, 0.1) is 18.3 Å². The van der Waals surface area contributed by atoms with Gasteiger partial charge in [0.25, 0.3) is 0 Å². The third-order valence-corrected chi connectivity index (χ3v) is 3.97. The molecule has 1 N–H and O–H groups in total. The molecule has 0 bridgehead atoms. The second kappa shape index (κ2) is 5.64. The van der Waals surface area contributed by atoms with Crippen LogP contribution < -0.4 is 5.32 Å². The molecular formula is C15H24N2O2. The fraction of sp³-hybridized carbons (Fsp3) is 0.733. The average molecular weight is 264 g/mol. The Morgan fingerprint density at radius 3 is 2.42 bits per heavy atom. The maximum absolute atomic E-state index is 12.7. The van der Waals surface area contributed by atoms with E-state index < -0.39 is 17.6 Å². The molecule has 3 atom stereocenters. The average Bonchev–Trinajstić information content (AvgIpc) is 2.39. The van der Waals surface area contributed by atoms with Crippen LogP contribution in [-0.4, -0.2) is 34.3 Å². The van der Waals surface area contributed by atoms with E-state index in [1.54, 1.807) is 18.7 Å². The Hall–Kier alpha value is -1.50. The van der Waals surface area contributed by atoms with Crippen molar-refractivity contribution in [2.45, 2.75) is 65.1 Å². The fourth-order valence-electron chi connectivity index (χ4n) is 2.46.